The van der Waals surface area contributed by atoms with E-state index in [0.717, 1.165) is 16.8 Å². The number of methoxy groups -OCH3 is 1. The maximum atomic E-state index is 13.3. The predicted molar refractivity (Wildman–Crippen MR) is 117 cm³/mol. The molecule has 1 unspecified atom stereocenters. The summed E-state index contributed by atoms with van der Waals surface area (Å²) in [6.45, 7) is 6.31. The van der Waals surface area contributed by atoms with Crippen molar-refractivity contribution in [2.45, 2.75) is 32.0 Å². The second kappa shape index (κ2) is 9.24. The average molecular weight is 412 g/mol. The van der Waals surface area contributed by atoms with Crippen molar-refractivity contribution in [3.05, 3.63) is 63.9 Å². The molecule has 0 saturated carbocycles. The molecule has 1 N–H and O–H groups in total. The molecule has 0 spiro atoms. The molecule has 0 saturated heterocycles. The van der Waals surface area contributed by atoms with Gasteiger partial charge in [0.15, 0.2) is 5.16 Å². The van der Waals surface area contributed by atoms with E-state index in [0.29, 0.717) is 22.7 Å². The first kappa shape index (κ1) is 21.1. The highest BCUT2D eigenvalue weighted by atomic mass is 32.2. The van der Waals surface area contributed by atoms with Crippen LogP contribution >= 0.6 is 11.8 Å². The van der Waals surface area contributed by atoms with E-state index in [9.17, 15) is 9.59 Å². The molecule has 0 aliphatic rings. The number of fused-ring (bicyclic) bond motifs is 1. The Hall–Kier alpha value is -2.64. The first-order valence-electron chi connectivity index (χ1n) is 9.41. The van der Waals surface area contributed by atoms with Gasteiger partial charge in [-0.2, -0.15) is 0 Å². The number of nitrogens with one attached hydrogen (secondary N) is 1. The quantitative estimate of drug-likeness (QED) is 0.477. The highest BCUT2D eigenvalue weighted by molar-refractivity contribution is 7.99. The van der Waals surface area contributed by atoms with Gasteiger partial charge in [0.05, 0.1) is 29.0 Å². The maximum Gasteiger partial charge on any atom is 0.266 e. The van der Waals surface area contributed by atoms with Gasteiger partial charge in [-0.1, -0.05) is 41.6 Å². The third-order valence-corrected chi connectivity index (χ3v) is 5.43. The summed E-state index contributed by atoms with van der Waals surface area (Å²) in [6.07, 6.45) is 0. The van der Waals surface area contributed by atoms with Crippen molar-refractivity contribution >= 4 is 28.6 Å². The Morgan fingerprint density at radius 2 is 2.00 bits per heavy atom. The smallest absolute Gasteiger partial charge is 0.266 e. The number of carbonyl (C=O) groups is 1. The number of aryl methyl sites for hydroxylation is 2. The zero-order chi connectivity index (χ0) is 21.0. The van der Waals surface area contributed by atoms with Gasteiger partial charge in [-0.15, -0.1) is 0 Å². The summed E-state index contributed by atoms with van der Waals surface area (Å²) < 4.78 is 6.66. The van der Waals surface area contributed by atoms with Crippen LogP contribution in [0.1, 0.15) is 18.1 Å². The summed E-state index contributed by atoms with van der Waals surface area (Å²) >= 11 is 1.25. The van der Waals surface area contributed by atoms with E-state index in [1.807, 2.05) is 57.2 Å². The summed E-state index contributed by atoms with van der Waals surface area (Å²) in [7, 11) is 1.60. The lowest BCUT2D eigenvalue weighted by Gasteiger charge is -2.16. The van der Waals surface area contributed by atoms with Crippen LogP contribution in [0.2, 0.25) is 0 Å². The molecule has 1 atom stereocenters. The Balaban J connectivity index is 2.01. The Labute approximate surface area is 174 Å². The lowest BCUT2D eigenvalue weighted by Crippen LogP contribution is -2.36. The molecule has 152 valence electrons. The van der Waals surface area contributed by atoms with Crippen LogP contribution in [0.25, 0.3) is 16.6 Å². The Morgan fingerprint density at radius 1 is 1.24 bits per heavy atom. The first-order chi connectivity index (χ1) is 13.9. The third kappa shape index (κ3) is 4.86. The van der Waals surface area contributed by atoms with Crippen molar-refractivity contribution < 1.29 is 9.53 Å². The fraction of sp³-hybridized carbons (Fsp3) is 0.318. The fourth-order valence-electron chi connectivity index (χ4n) is 3.22. The minimum atomic E-state index is -0.141. The number of thioether (sulfide) groups is 1. The molecule has 3 rings (SSSR count). The number of carbonyl (C=O) groups excluding carboxylic acids is 1. The first-order valence-corrected chi connectivity index (χ1v) is 10.4. The van der Waals surface area contributed by atoms with E-state index in [-0.39, 0.29) is 23.3 Å². The predicted octanol–water partition coefficient (Wildman–Crippen LogP) is 3.25. The van der Waals surface area contributed by atoms with Crippen molar-refractivity contribution in [1.82, 2.24) is 14.9 Å². The van der Waals surface area contributed by atoms with E-state index in [4.69, 9.17) is 4.74 Å². The fourth-order valence-corrected chi connectivity index (χ4v) is 4.03. The number of aromatic nitrogens is 2. The van der Waals surface area contributed by atoms with Gasteiger partial charge < -0.3 is 10.1 Å². The molecule has 0 aliphatic carbocycles. The molecule has 29 heavy (non-hydrogen) atoms. The number of nitrogens with zero attached hydrogens (tertiary/aromatic N) is 2. The molecule has 3 aromatic rings. The Morgan fingerprint density at radius 3 is 2.72 bits per heavy atom. The standard InChI is InChI=1S/C22H25N3O3S/c1-14-9-10-19(15(2)11-14)25-21(27)17-7-5-6-8-18(17)24-22(25)29-13-20(26)23-16(3)12-28-4/h5-11,16H,12-13H2,1-4H3,(H,23,26). The minimum Gasteiger partial charge on any atom is -0.383 e. The molecule has 2 aromatic carbocycles. The molecule has 6 nitrogen and oxygen atoms in total. The van der Waals surface area contributed by atoms with E-state index >= 15 is 0 Å². The van der Waals surface area contributed by atoms with E-state index in [1.165, 1.54) is 11.8 Å². The van der Waals surface area contributed by atoms with Gasteiger partial charge in [0, 0.05) is 13.2 Å². The maximum absolute atomic E-state index is 13.3. The van der Waals surface area contributed by atoms with Crippen molar-refractivity contribution in [3.63, 3.8) is 0 Å². The molecule has 0 radical (unpaired) electrons. The number of hydrogen-bond donors (Lipinski definition) is 1. The number of amides is 1. The Bertz CT molecular complexity index is 1090. The van der Waals surface area contributed by atoms with Gasteiger partial charge in [-0.3, -0.25) is 14.2 Å². The van der Waals surface area contributed by atoms with Gasteiger partial charge in [0.25, 0.3) is 5.56 Å². The third-order valence-electron chi connectivity index (χ3n) is 4.49. The van der Waals surface area contributed by atoms with Crippen LogP contribution in [0.15, 0.2) is 52.4 Å². The molecular weight excluding hydrogens is 386 g/mol. The van der Waals surface area contributed by atoms with Crippen LogP contribution in [0.4, 0.5) is 0 Å². The lowest BCUT2D eigenvalue weighted by atomic mass is 10.1. The highest BCUT2D eigenvalue weighted by Gasteiger charge is 2.16. The van der Waals surface area contributed by atoms with Gasteiger partial charge in [-0.25, -0.2) is 4.98 Å². The molecule has 1 amide bonds. The Kier molecular flexibility index (Phi) is 6.71. The van der Waals surface area contributed by atoms with E-state index < -0.39 is 0 Å². The largest absolute Gasteiger partial charge is 0.383 e. The van der Waals surface area contributed by atoms with Crippen LogP contribution in [0.3, 0.4) is 0 Å². The van der Waals surface area contributed by atoms with Gasteiger partial charge in [0.2, 0.25) is 5.91 Å². The molecule has 0 fully saturated rings. The van der Waals surface area contributed by atoms with Crippen LogP contribution in [-0.2, 0) is 9.53 Å². The van der Waals surface area contributed by atoms with Crippen molar-refractivity contribution in [2.24, 2.45) is 0 Å². The molecular formula is C22H25N3O3S. The SMILES string of the molecule is COCC(C)NC(=O)CSc1nc2ccccc2c(=O)n1-c1ccc(C)cc1C. The average Bonchev–Trinajstić information content (AvgIpc) is 2.67. The number of para-hydroxylation sites is 1. The number of hydrogen-bond acceptors (Lipinski definition) is 5. The number of ether oxygens (including phenoxy) is 1. The van der Waals surface area contributed by atoms with Gasteiger partial charge >= 0.3 is 0 Å². The van der Waals surface area contributed by atoms with Gasteiger partial charge in [-0.05, 0) is 44.5 Å². The molecule has 1 aromatic heterocycles. The normalized spacial score (nSPS) is 12.1. The highest BCUT2D eigenvalue weighted by Crippen LogP contribution is 2.23. The summed E-state index contributed by atoms with van der Waals surface area (Å²) in [6, 6.07) is 13.1. The van der Waals surface area contributed by atoms with Crippen LogP contribution in [0, 0.1) is 13.8 Å². The second-order valence-electron chi connectivity index (χ2n) is 7.05. The summed E-state index contributed by atoms with van der Waals surface area (Å²) in [5.41, 5.74) is 3.35. The lowest BCUT2D eigenvalue weighted by molar-refractivity contribution is -0.119. The molecule has 7 heteroatoms. The van der Waals surface area contributed by atoms with Crippen molar-refractivity contribution in [2.75, 3.05) is 19.5 Å². The monoisotopic (exact) mass is 411 g/mol. The van der Waals surface area contributed by atoms with Crippen LogP contribution < -0.4 is 10.9 Å². The van der Waals surface area contributed by atoms with Crippen LogP contribution in [-0.4, -0.2) is 41.0 Å². The minimum absolute atomic E-state index is 0.0841. The summed E-state index contributed by atoms with van der Waals surface area (Å²) in [5.74, 6) is 0.0261. The zero-order valence-electron chi connectivity index (χ0n) is 17.1. The number of rotatable bonds is 7. The van der Waals surface area contributed by atoms with Crippen molar-refractivity contribution in [1.29, 1.82) is 0 Å². The number of benzene rings is 2. The molecule has 0 aliphatic heterocycles. The summed E-state index contributed by atoms with van der Waals surface area (Å²) in [5, 5.41) is 3.93. The topological polar surface area (TPSA) is 73.2 Å². The summed E-state index contributed by atoms with van der Waals surface area (Å²) in [4.78, 5) is 30.3. The zero-order valence-corrected chi connectivity index (χ0v) is 17.9. The van der Waals surface area contributed by atoms with E-state index in [1.54, 1.807) is 17.7 Å². The van der Waals surface area contributed by atoms with Gasteiger partial charge in [0.1, 0.15) is 0 Å². The van der Waals surface area contributed by atoms with E-state index in [2.05, 4.69) is 10.3 Å². The molecule has 0 bridgehead atoms. The molecule has 1 heterocycles. The van der Waals surface area contributed by atoms with Crippen molar-refractivity contribution in [3.8, 4) is 5.69 Å². The second-order valence-corrected chi connectivity index (χ2v) is 8.00. The van der Waals surface area contributed by atoms with Crippen LogP contribution in [0.5, 0.6) is 0 Å².